The van der Waals surface area contributed by atoms with Crippen molar-refractivity contribution in [3.63, 3.8) is 0 Å². The van der Waals surface area contributed by atoms with E-state index in [0.29, 0.717) is 32.8 Å². The maximum Gasteiger partial charge on any atom is 0.254 e. The van der Waals surface area contributed by atoms with E-state index in [2.05, 4.69) is 10.2 Å². The highest BCUT2D eigenvalue weighted by Crippen LogP contribution is 2.27. The first kappa shape index (κ1) is 18.4. The van der Waals surface area contributed by atoms with Gasteiger partial charge >= 0.3 is 0 Å². The molecule has 0 radical (unpaired) electrons. The van der Waals surface area contributed by atoms with Crippen LogP contribution in [0.2, 0.25) is 0 Å². The minimum Gasteiger partial charge on any atom is -0.381 e. The third-order valence-corrected chi connectivity index (χ3v) is 6.41. The van der Waals surface area contributed by atoms with E-state index in [9.17, 15) is 9.59 Å². The van der Waals surface area contributed by atoms with Crippen LogP contribution >= 0.6 is 0 Å². The summed E-state index contributed by atoms with van der Waals surface area (Å²) in [6.45, 7) is 3.83. The van der Waals surface area contributed by atoms with Gasteiger partial charge in [0.1, 0.15) is 0 Å². The van der Waals surface area contributed by atoms with Crippen molar-refractivity contribution < 1.29 is 14.3 Å². The van der Waals surface area contributed by atoms with E-state index in [4.69, 9.17) is 4.74 Å². The number of nitrogens with zero attached hydrogens (tertiary/aromatic N) is 3. The molecule has 1 aromatic heterocycles. The third kappa shape index (κ3) is 3.44. The SMILES string of the molecule is O=C(c1cccc2c1CCN(C(=O)C1CCCOC1)C2)N1CCc2[nH]ncc2C1. The summed E-state index contributed by atoms with van der Waals surface area (Å²) >= 11 is 0. The second-order valence-corrected chi connectivity index (χ2v) is 8.22. The van der Waals surface area contributed by atoms with Crippen molar-refractivity contribution in [2.24, 2.45) is 5.92 Å². The zero-order valence-corrected chi connectivity index (χ0v) is 16.5. The number of fused-ring (bicyclic) bond motifs is 2. The lowest BCUT2D eigenvalue weighted by atomic mass is 9.92. The largest absolute Gasteiger partial charge is 0.381 e. The van der Waals surface area contributed by atoms with Crippen molar-refractivity contribution in [3.8, 4) is 0 Å². The van der Waals surface area contributed by atoms with Gasteiger partial charge in [0.15, 0.2) is 0 Å². The topological polar surface area (TPSA) is 78.5 Å². The van der Waals surface area contributed by atoms with Crippen LogP contribution in [0.1, 0.15) is 45.6 Å². The van der Waals surface area contributed by atoms with Gasteiger partial charge in [0.25, 0.3) is 5.91 Å². The number of nitrogens with one attached hydrogen (secondary N) is 1. The Morgan fingerprint density at radius 3 is 2.83 bits per heavy atom. The van der Waals surface area contributed by atoms with E-state index in [0.717, 1.165) is 60.2 Å². The lowest BCUT2D eigenvalue weighted by Crippen LogP contribution is -2.43. The fourth-order valence-corrected chi connectivity index (χ4v) is 4.76. The summed E-state index contributed by atoms with van der Waals surface area (Å²) in [4.78, 5) is 30.0. The van der Waals surface area contributed by atoms with Crippen molar-refractivity contribution in [2.75, 3.05) is 26.3 Å². The predicted octanol–water partition coefficient (Wildman–Crippen LogP) is 1.92. The Hall–Kier alpha value is -2.67. The Balaban J connectivity index is 1.33. The van der Waals surface area contributed by atoms with Gasteiger partial charge < -0.3 is 14.5 Å². The quantitative estimate of drug-likeness (QED) is 0.844. The minimum absolute atomic E-state index is 0.0207. The average molecular weight is 394 g/mol. The Bertz CT molecular complexity index is 932. The van der Waals surface area contributed by atoms with Crippen LogP contribution in [-0.2, 0) is 35.5 Å². The van der Waals surface area contributed by atoms with Crippen LogP contribution in [0.4, 0.5) is 0 Å². The number of aromatic nitrogens is 2. The highest BCUT2D eigenvalue weighted by Gasteiger charge is 2.31. The lowest BCUT2D eigenvalue weighted by molar-refractivity contribution is -0.140. The zero-order chi connectivity index (χ0) is 19.8. The van der Waals surface area contributed by atoms with Crippen LogP contribution in [0.3, 0.4) is 0 Å². The van der Waals surface area contributed by atoms with Crippen molar-refractivity contribution >= 4 is 11.8 Å². The monoisotopic (exact) mass is 394 g/mol. The maximum atomic E-state index is 13.3. The van der Waals surface area contributed by atoms with Crippen LogP contribution in [0.15, 0.2) is 24.4 Å². The molecule has 1 fully saturated rings. The molecule has 1 saturated heterocycles. The molecule has 7 heteroatoms. The number of aromatic amines is 1. The van der Waals surface area contributed by atoms with Gasteiger partial charge in [-0.15, -0.1) is 0 Å². The Kier molecular flexibility index (Phi) is 4.83. The smallest absolute Gasteiger partial charge is 0.254 e. The molecule has 3 aliphatic heterocycles. The molecule has 0 bridgehead atoms. The first-order valence-electron chi connectivity index (χ1n) is 10.5. The second-order valence-electron chi connectivity index (χ2n) is 8.22. The van der Waals surface area contributed by atoms with Gasteiger partial charge in [-0.2, -0.15) is 5.10 Å². The summed E-state index contributed by atoms with van der Waals surface area (Å²) in [6, 6.07) is 5.92. The van der Waals surface area contributed by atoms with Gasteiger partial charge in [0, 0.05) is 56.0 Å². The molecule has 4 heterocycles. The van der Waals surface area contributed by atoms with Crippen molar-refractivity contribution in [1.29, 1.82) is 0 Å². The third-order valence-electron chi connectivity index (χ3n) is 6.41. The summed E-state index contributed by atoms with van der Waals surface area (Å²) < 4.78 is 5.50. The van der Waals surface area contributed by atoms with E-state index in [1.54, 1.807) is 0 Å². The summed E-state index contributed by atoms with van der Waals surface area (Å²) in [6.07, 6.45) is 5.20. The van der Waals surface area contributed by atoms with Crippen molar-refractivity contribution in [2.45, 2.75) is 38.8 Å². The Labute approximate surface area is 170 Å². The van der Waals surface area contributed by atoms with Gasteiger partial charge in [-0.05, 0) is 36.5 Å². The van der Waals surface area contributed by atoms with Gasteiger partial charge in [-0.1, -0.05) is 12.1 Å². The van der Waals surface area contributed by atoms with Gasteiger partial charge in [-0.25, -0.2) is 0 Å². The summed E-state index contributed by atoms with van der Waals surface area (Å²) in [5.74, 6) is 0.248. The van der Waals surface area contributed by atoms with E-state index >= 15 is 0 Å². The van der Waals surface area contributed by atoms with Gasteiger partial charge in [0.05, 0.1) is 18.7 Å². The van der Waals surface area contributed by atoms with E-state index < -0.39 is 0 Å². The fourth-order valence-electron chi connectivity index (χ4n) is 4.76. The molecule has 1 N–H and O–H groups in total. The van der Waals surface area contributed by atoms with Crippen molar-refractivity contribution in [3.05, 3.63) is 52.3 Å². The van der Waals surface area contributed by atoms with Crippen LogP contribution in [0, 0.1) is 5.92 Å². The molecule has 0 spiro atoms. The zero-order valence-electron chi connectivity index (χ0n) is 16.5. The van der Waals surface area contributed by atoms with Crippen LogP contribution < -0.4 is 0 Å². The summed E-state index contributed by atoms with van der Waals surface area (Å²) in [5.41, 5.74) is 5.20. The van der Waals surface area contributed by atoms with Crippen LogP contribution in [0.25, 0.3) is 0 Å². The normalized spacial score (nSPS) is 21.4. The summed E-state index contributed by atoms with van der Waals surface area (Å²) in [5, 5.41) is 7.11. The minimum atomic E-state index is -0.0207. The molecule has 5 rings (SSSR count). The average Bonchev–Trinajstić information content (AvgIpc) is 3.26. The Morgan fingerprint density at radius 2 is 1.97 bits per heavy atom. The molecule has 1 unspecified atom stereocenters. The van der Waals surface area contributed by atoms with Crippen molar-refractivity contribution in [1.82, 2.24) is 20.0 Å². The maximum absolute atomic E-state index is 13.3. The first-order valence-corrected chi connectivity index (χ1v) is 10.5. The Morgan fingerprint density at radius 1 is 1.10 bits per heavy atom. The lowest BCUT2D eigenvalue weighted by Gasteiger charge is -2.34. The number of carbonyl (C=O) groups is 2. The molecule has 7 nitrogen and oxygen atoms in total. The molecule has 152 valence electrons. The highest BCUT2D eigenvalue weighted by molar-refractivity contribution is 5.96. The standard InChI is InChI=1S/C22H26N4O3/c27-21(16-4-2-10-29-14-16)25-8-6-18-15(12-25)3-1-5-19(18)22(28)26-9-7-20-17(13-26)11-23-24-20/h1,3,5,11,16H,2,4,6-10,12-14H2,(H,23,24). The number of amides is 2. The molecule has 2 amide bonds. The van der Waals surface area contributed by atoms with E-state index in [1.807, 2.05) is 34.2 Å². The molecule has 3 aliphatic rings. The number of hydrogen-bond donors (Lipinski definition) is 1. The van der Waals surface area contributed by atoms with E-state index in [-0.39, 0.29) is 17.7 Å². The number of ether oxygens (including phenoxy) is 1. The van der Waals surface area contributed by atoms with Crippen LogP contribution in [-0.4, -0.2) is 58.1 Å². The number of benzene rings is 1. The molecule has 1 aromatic carbocycles. The molecule has 0 aliphatic carbocycles. The molecule has 1 atom stereocenters. The number of rotatable bonds is 2. The predicted molar refractivity (Wildman–Crippen MR) is 106 cm³/mol. The molecule has 29 heavy (non-hydrogen) atoms. The fraction of sp³-hybridized carbons (Fsp3) is 0.500. The first-order chi connectivity index (χ1) is 14.2. The molecule has 0 saturated carbocycles. The second kappa shape index (κ2) is 7.63. The summed E-state index contributed by atoms with van der Waals surface area (Å²) in [7, 11) is 0. The molecular weight excluding hydrogens is 368 g/mol. The number of hydrogen-bond acceptors (Lipinski definition) is 4. The van der Waals surface area contributed by atoms with Gasteiger partial charge in [-0.3, -0.25) is 14.7 Å². The number of carbonyl (C=O) groups excluding carboxylic acids is 2. The number of H-pyrrole nitrogens is 1. The van der Waals surface area contributed by atoms with Gasteiger partial charge in [0.2, 0.25) is 5.91 Å². The molecule has 2 aromatic rings. The highest BCUT2D eigenvalue weighted by atomic mass is 16.5. The molecular formula is C22H26N4O3. The van der Waals surface area contributed by atoms with Crippen LogP contribution in [0.5, 0.6) is 0 Å². The van der Waals surface area contributed by atoms with E-state index in [1.165, 1.54) is 0 Å².